The molecular formula is C23H28N2O4. The largest absolute Gasteiger partial charge is 0.462 e. The van der Waals surface area contributed by atoms with Gasteiger partial charge in [0.15, 0.2) is 0 Å². The van der Waals surface area contributed by atoms with E-state index in [9.17, 15) is 14.4 Å². The molecule has 154 valence electrons. The summed E-state index contributed by atoms with van der Waals surface area (Å²) in [5, 5.41) is 5.46. The number of anilines is 2. The number of hydrogen-bond donors (Lipinski definition) is 2. The molecule has 0 saturated heterocycles. The molecule has 0 fully saturated rings. The molecule has 0 radical (unpaired) electrons. The summed E-state index contributed by atoms with van der Waals surface area (Å²) < 4.78 is 5.02. The van der Waals surface area contributed by atoms with Gasteiger partial charge in [-0.3, -0.25) is 9.59 Å². The van der Waals surface area contributed by atoms with Crippen LogP contribution >= 0.6 is 0 Å². The maximum atomic E-state index is 12.8. The Bertz CT molecular complexity index is 886. The lowest BCUT2D eigenvalue weighted by atomic mass is 9.90. The van der Waals surface area contributed by atoms with Gasteiger partial charge in [-0.2, -0.15) is 0 Å². The quantitative estimate of drug-likeness (QED) is 0.529. The van der Waals surface area contributed by atoms with Crippen LogP contribution in [0.3, 0.4) is 0 Å². The molecular weight excluding hydrogens is 368 g/mol. The van der Waals surface area contributed by atoms with Crippen molar-refractivity contribution in [1.82, 2.24) is 0 Å². The lowest BCUT2D eigenvalue weighted by Gasteiger charge is -2.23. The molecule has 0 atom stereocenters. The van der Waals surface area contributed by atoms with E-state index in [1.807, 2.05) is 24.3 Å². The van der Waals surface area contributed by atoms with Gasteiger partial charge in [-0.15, -0.1) is 0 Å². The fourth-order valence-electron chi connectivity index (χ4n) is 2.60. The summed E-state index contributed by atoms with van der Waals surface area (Å²) in [5.74, 6) is -1.11. The minimum atomic E-state index is -1.36. The first-order chi connectivity index (χ1) is 13.7. The Hall–Kier alpha value is -3.15. The van der Waals surface area contributed by atoms with E-state index in [0.29, 0.717) is 17.3 Å². The first kappa shape index (κ1) is 22.1. The number of benzene rings is 2. The minimum absolute atomic E-state index is 0.227. The number of amides is 2. The van der Waals surface area contributed by atoms with E-state index < -0.39 is 23.2 Å². The van der Waals surface area contributed by atoms with Crippen LogP contribution in [0.5, 0.6) is 0 Å². The smallest absolute Gasteiger partial charge is 0.340 e. The molecule has 2 aromatic carbocycles. The summed E-state index contributed by atoms with van der Waals surface area (Å²) in [5.41, 5.74) is 0.961. The molecule has 0 aliphatic heterocycles. The van der Waals surface area contributed by atoms with Gasteiger partial charge in [-0.1, -0.05) is 38.1 Å². The Morgan fingerprint density at radius 1 is 0.931 bits per heavy atom. The Kier molecular flexibility index (Phi) is 7.15. The van der Waals surface area contributed by atoms with Crippen LogP contribution in [0.2, 0.25) is 0 Å². The fourth-order valence-corrected chi connectivity index (χ4v) is 2.60. The molecule has 6 heteroatoms. The molecule has 0 unspecified atom stereocenters. The molecule has 2 amide bonds. The molecule has 0 spiro atoms. The zero-order valence-corrected chi connectivity index (χ0v) is 17.5. The highest BCUT2D eigenvalue weighted by Crippen LogP contribution is 2.24. The van der Waals surface area contributed by atoms with Gasteiger partial charge in [0.2, 0.25) is 11.8 Å². The molecule has 6 nitrogen and oxygen atoms in total. The van der Waals surface area contributed by atoms with E-state index in [1.165, 1.54) is 13.8 Å². The minimum Gasteiger partial charge on any atom is -0.462 e. The van der Waals surface area contributed by atoms with Crippen molar-refractivity contribution in [2.45, 2.75) is 40.5 Å². The van der Waals surface area contributed by atoms with Gasteiger partial charge < -0.3 is 15.4 Å². The Morgan fingerprint density at radius 3 is 2.10 bits per heavy atom. The van der Waals surface area contributed by atoms with E-state index in [1.54, 1.807) is 31.2 Å². The topological polar surface area (TPSA) is 84.5 Å². The van der Waals surface area contributed by atoms with Crippen molar-refractivity contribution in [3.63, 3.8) is 0 Å². The summed E-state index contributed by atoms with van der Waals surface area (Å²) in [4.78, 5) is 37.7. The lowest BCUT2D eigenvalue weighted by Crippen LogP contribution is -2.41. The van der Waals surface area contributed by atoms with Gasteiger partial charge in [0.05, 0.1) is 17.9 Å². The average Bonchev–Trinajstić information content (AvgIpc) is 2.68. The third-order valence-corrected chi connectivity index (χ3v) is 4.64. The SMILES string of the molecule is CCOC(=O)c1ccccc1NC(=O)C(C)(C)C(=O)Nc1ccc(C(C)C)cc1. The van der Waals surface area contributed by atoms with Crippen molar-refractivity contribution in [3.8, 4) is 0 Å². The maximum Gasteiger partial charge on any atom is 0.340 e. The highest BCUT2D eigenvalue weighted by molar-refractivity contribution is 6.15. The monoisotopic (exact) mass is 396 g/mol. The summed E-state index contributed by atoms with van der Waals surface area (Å²) >= 11 is 0. The second kappa shape index (κ2) is 9.37. The van der Waals surface area contributed by atoms with Crippen LogP contribution in [0.15, 0.2) is 48.5 Å². The van der Waals surface area contributed by atoms with Crippen molar-refractivity contribution in [3.05, 3.63) is 59.7 Å². The summed E-state index contributed by atoms with van der Waals surface area (Å²) in [6, 6.07) is 14.1. The molecule has 0 heterocycles. The Labute approximate surface area is 171 Å². The van der Waals surface area contributed by atoms with Gasteiger partial charge in [-0.05, 0) is 56.5 Å². The molecule has 2 rings (SSSR count). The summed E-state index contributed by atoms with van der Waals surface area (Å²) in [6.45, 7) is 9.19. The van der Waals surface area contributed by atoms with Crippen LogP contribution in [-0.4, -0.2) is 24.4 Å². The third-order valence-electron chi connectivity index (χ3n) is 4.64. The van der Waals surface area contributed by atoms with Gasteiger partial charge in [0.25, 0.3) is 0 Å². The van der Waals surface area contributed by atoms with Gasteiger partial charge in [0, 0.05) is 5.69 Å². The number of esters is 1. The Balaban J connectivity index is 2.13. The predicted molar refractivity (Wildman–Crippen MR) is 114 cm³/mol. The molecule has 0 aromatic heterocycles. The third kappa shape index (κ3) is 5.44. The first-order valence-electron chi connectivity index (χ1n) is 9.65. The molecule has 2 N–H and O–H groups in total. The molecule has 0 bridgehead atoms. The van der Waals surface area contributed by atoms with E-state index in [-0.39, 0.29) is 12.2 Å². The van der Waals surface area contributed by atoms with E-state index in [0.717, 1.165) is 5.56 Å². The zero-order valence-electron chi connectivity index (χ0n) is 17.5. The zero-order chi connectivity index (χ0) is 21.6. The molecule has 0 aliphatic rings. The summed E-state index contributed by atoms with van der Waals surface area (Å²) in [7, 11) is 0. The van der Waals surface area contributed by atoms with Gasteiger partial charge in [0.1, 0.15) is 5.41 Å². The van der Waals surface area contributed by atoms with Crippen LogP contribution in [0, 0.1) is 5.41 Å². The first-order valence-corrected chi connectivity index (χ1v) is 9.65. The van der Waals surface area contributed by atoms with Crippen molar-refractivity contribution < 1.29 is 19.1 Å². The number of rotatable bonds is 7. The van der Waals surface area contributed by atoms with Crippen molar-refractivity contribution in [2.75, 3.05) is 17.2 Å². The number of para-hydroxylation sites is 1. The van der Waals surface area contributed by atoms with Crippen LogP contribution in [0.4, 0.5) is 11.4 Å². The van der Waals surface area contributed by atoms with E-state index in [4.69, 9.17) is 4.74 Å². The number of ether oxygens (including phenoxy) is 1. The second-order valence-corrected chi connectivity index (χ2v) is 7.58. The fraction of sp³-hybridized carbons (Fsp3) is 0.348. The number of carbonyl (C=O) groups excluding carboxylic acids is 3. The number of hydrogen-bond acceptors (Lipinski definition) is 4. The maximum absolute atomic E-state index is 12.8. The van der Waals surface area contributed by atoms with Crippen LogP contribution in [0.1, 0.15) is 56.5 Å². The molecule has 0 aliphatic carbocycles. The van der Waals surface area contributed by atoms with Crippen molar-refractivity contribution >= 4 is 29.2 Å². The van der Waals surface area contributed by atoms with Gasteiger partial charge >= 0.3 is 5.97 Å². The van der Waals surface area contributed by atoms with Crippen molar-refractivity contribution in [1.29, 1.82) is 0 Å². The lowest BCUT2D eigenvalue weighted by molar-refractivity contribution is -0.135. The average molecular weight is 396 g/mol. The standard InChI is InChI=1S/C23H28N2O4/c1-6-29-20(26)18-9-7-8-10-19(18)25-22(28)23(4,5)21(27)24-17-13-11-16(12-14-17)15(2)3/h7-15H,6H2,1-5H3,(H,24,27)(H,25,28). The number of carbonyl (C=O) groups is 3. The van der Waals surface area contributed by atoms with Crippen LogP contribution < -0.4 is 10.6 Å². The normalized spacial score (nSPS) is 11.1. The Morgan fingerprint density at radius 2 is 1.52 bits per heavy atom. The van der Waals surface area contributed by atoms with E-state index in [2.05, 4.69) is 24.5 Å². The van der Waals surface area contributed by atoms with E-state index >= 15 is 0 Å². The summed E-state index contributed by atoms with van der Waals surface area (Å²) in [6.07, 6.45) is 0. The van der Waals surface area contributed by atoms with Gasteiger partial charge in [-0.25, -0.2) is 4.79 Å². The number of nitrogens with one attached hydrogen (secondary N) is 2. The van der Waals surface area contributed by atoms with Crippen LogP contribution in [0.25, 0.3) is 0 Å². The highest BCUT2D eigenvalue weighted by atomic mass is 16.5. The van der Waals surface area contributed by atoms with Crippen LogP contribution in [-0.2, 0) is 14.3 Å². The second-order valence-electron chi connectivity index (χ2n) is 7.58. The molecule has 2 aromatic rings. The highest BCUT2D eigenvalue weighted by Gasteiger charge is 2.36. The molecule has 29 heavy (non-hydrogen) atoms. The predicted octanol–water partition coefficient (Wildman–Crippen LogP) is 4.59. The molecule has 0 saturated carbocycles. The van der Waals surface area contributed by atoms with Crippen molar-refractivity contribution in [2.24, 2.45) is 5.41 Å².